The number of hydrogen-bond acceptors (Lipinski definition) is 3. The highest BCUT2D eigenvalue weighted by Crippen LogP contribution is 2.04. The molecule has 3 nitrogen and oxygen atoms in total. The van der Waals surface area contributed by atoms with Crippen molar-refractivity contribution in [1.82, 2.24) is 4.90 Å². The lowest BCUT2D eigenvalue weighted by atomic mass is 10.1. The van der Waals surface area contributed by atoms with Crippen LogP contribution in [0.4, 0.5) is 0 Å². The van der Waals surface area contributed by atoms with Gasteiger partial charge in [-0.05, 0) is 26.0 Å². The second kappa shape index (κ2) is 6.92. The van der Waals surface area contributed by atoms with E-state index in [4.69, 9.17) is 4.84 Å². The summed E-state index contributed by atoms with van der Waals surface area (Å²) < 4.78 is 0. The summed E-state index contributed by atoms with van der Waals surface area (Å²) in [5.74, 6) is 0. The molecule has 0 bridgehead atoms. The molecule has 0 unspecified atom stereocenters. The first kappa shape index (κ1) is 12.5. The van der Waals surface area contributed by atoms with Crippen LogP contribution in [-0.2, 0) is 4.84 Å². The van der Waals surface area contributed by atoms with Crippen LogP contribution in [-0.4, -0.2) is 37.9 Å². The molecule has 1 rings (SSSR count). The number of hydrogen-bond donors (Lipinski definition) is 0. The molecule has 1 aliphatic rings. The molecule has 4 heteroatoms. The zero-order valence-corrected chi connectivity index (χ0v) is 9.01. The Morgan fingerprint density at radius 3 is 3.08 bits per heavy atom. The van der Waals surface area contributed by atoms with Crippen molar-refractivity contribution >= 4 is 18.6 Å². The van der Waals surface area contributed by atoms with Gasteiger partial charge < -0.3 is 9.74 Å². The van der Waals surface area contributed by atoms with Crippen LogP contribution in [0.2, 0.25) is 0 Å². The molecule has 0 aliphatic carbocycles. The highest BCUT2D eigenvalue weighted by molar-refractivity contribution is 5.85. The third kappa shape index (κ3) is 4.90. The molecule has 13 heavy (non-hydrogen) atoms. The van der Waals surface area contributed by atoms with E-state index in [2.05, 4.69) is 23.2 Å². The van der Waals surface area contributed by atoms with Gasteiger partial charge in [-0.1, -0.05) is 11.2 Å². The Morgan fingerprint density at radius 1 is 1.69 bits per heavy atom. The van der Waals surface area contributed by atoms with E-state index in [-0.39, 0.29) is 12.4 Å². The molecule has 76 valence electrons. The van der Waals surface area contributed by atoms with Crippen LogP contribution in [0.1, 0.15) is 13.3 Å². The molecule has 0 aromatic heterocycles. The Balaban J connectivity index is 0.00000144. The number of halogens is 1. The van der Waals surface area contributed by atoms with Crippen molar-refractivity contribution in [2.24, 2.45) is 5.16 Å². The van der Waals surface area contributed by atoms with E-state index < -0.39 is 0 Å². The second-order valence-corrected chi connectivity index (χ2v) is 2.96. The zero-order valence-electron chi connectivity index (χ0n) is 8.19. The predicted molar refractivity (Wildman–Crippen MR) is 57.6 cm³/mol. The summed E-state index contributed by atoms with van der Waals surface area (Å²) in [7, 11) is 2.11. The highest BCUT2D eigenvalue weighted by atomic mass is 35.5. The Labute approximate surface area is 85.8 Å². The van der Waals surface area contributed by atoms with Gasteiger partial charge in [-0.15, -0.1) is 12.4 Å². The lowest BCUT2D eigenvalue weighted by Gasteiger charge is -2.20. The summed E-state index contributed by atoms with van der Waals surface area (Å²) in [5, 5.41) is 3.83. The van der Waals surface area contributed by atoms with Gasteiger partial charge in [0.15, 0.2) is 0 Å². The van der Waals surface area contributed by atoms with Gasteiger partial charge >= 0.3 is 0 Å². The van der Waals surface area contributed by atoms with Crippen LogP contribution in [0.15, 0.2) is 16.8 Å². The third-order valence-electron chi connectivity index (χ3n) is 1.79. The Morgan fingerprint density at radius 2 is 2.46 bits per heavy atom. The standard InChI is InChI=1S/C9H16N2O.ClH/c1-3-12-10-7-9-5-4-6-11(2)8-9;/h5,7H,3-4,6,8H2,1-2H3;1H. The van der Waals surface area contributed by atoms with Crippen LogP contribution in [0.3, 0.4) is 0 Å². The van der Waals surface area contributed by atoms with Crippen LogP contribution >= 0.6 is 12.4 Å². The van der Waals surface area contributed by atoms with E-state index in [9.17, 15) is 0 Å². The molecule has 0 amide bonds. The maximum absolute atomic E-state index is 4.88. The molecular weight excluding hydrogens is 188 g/mol. The van der Waals surface area contributed by atoms with Crippen LogP contribution in [0, 0.1) is 0 Å². The van der Waals surface area contributed by atoms with Gasteiger partial charge in [0.1, 0.15) is 6.61 Å². The first-order valence-electron chi connectivity index (χ1n) is 4.36. The van der Waals surface area contributed by atoms with Gasteiger partial charge in [-0.25, -0.2) is 0 Å². The van der Waals surface area contributed by atoms with Crippen LogP contribution < -0.4 is 0 Å². The SMILES string of the molecule is CCON=CC1=CCCN(C)C1.Cl. The lowest BCUT2D eigenvalue weighted by Crippen LogP contribution is -2.25. The van der Waals surface area contributed by atoms with Crippen molar-refractivity contribution in [2.75, 3.05) is 26.7 Å². The molecule has 0 aromatic carbocycles. The Kier molecular flexibility index (Phi) is 6.63. The van der Waals surface area contributed by atoms with Crippen molar-refractivity contribution in [1.29, 1.82) is 0 Å². The minimum Gasteiger partial charge on any atom is -0.396 e. The molecule has 0 saturated carbocycles. The van der Waals surface area contributed by atoms with E-state index in [1.807, 2.05) is 6.92 Å². The average molecular weight is 205 g/mol. The Bertz CT molecular complexity index is 192. The normalized spacial score (nSPS) is 18.2. The van der Waals surface area contributed by atoms with Gasteiger partial charge in [0, 0.05) is 13.1 Å². The fourth-order valence-corrected chi connectivity index (χ4v) is 1.20. The molecule has 0 saturated heterocycles. The van der Waals surface area contributed by atoms with Crippen molar-refractivity contribution in [2.45, 2.75) is 13.3 Å². The smallest absolute Gasteiger partial charge is 0.114 e. The first-order chi connectivity index (χ1) is 5.83. The fraction of sp³-hybridized carbons (Fsp3) is 0.667. The molecular formula is C9H17ClN2O. The van der Waals surface area contributed by atoms with Crippen molar-refractivity contribution in [3.8, 4) is 0 Å². The van der Waals surface area contributed by atoms with Crippen molar-refractivity contribution in [3.63, 3.8) is 0 Å². The monoisotopic (exact) mass is 204 g/mol. The van der Waals surface area contributed by atoms with Crippen molar-refractivity contribution in [3.05, 3.63) is 11.6 Å². The number of likely N-dealkylation sites (N-methyl/N-ethyl adjacent to an activating group) is 1. The molecule has 0 aromatic rings. The summed E-state index contributed by atoms with van der Waals surface area (Å²) in [6, 6.07) is 0. The van der Waals surface area contributed by atoms with E-state index in [0.29, 0.717) is 6.61 Å². The van der Waals surface area contributed by atoms with Gasteiger partial charge in [-0.3, -0.25) is 0 Å². The summed E-state index contributed by atoms with van der Waals surface area (Å²) >= 11 is 0. The van der Waals surface area contributed by atoms with Gasteiger partial charge in [0.25, 0.3) is 0 Å². The molecule has 0 atom stereocenters. The topological polar surface area (TPSA) is 24.8 Å². The summed E-state index contributed by atoms with van der Waals surface area (Å²) in [5.41, 5.74) is 1.25. The predicted octanol–water partition coefficient (Wildman–Crippen LogP) is 1.69. The number of rotatable bonds is 3. The first-order valence-corrected chi connectivity index (χ1v) is 4.36. The second-order valence-electron chi connectivity index (χ2n) is 2.96. The van der Waals surface area contributed by atoms with Crippen LogP contribution in [0.5, 0.6) is 0 Å². The molecule has 1 heterocycles. The molecule has 1 aliphatic heterocycles. The van der Waals surface area contributed by atoms with E-state index in [1.54, 1.807) is 6.21 Å². The molecule has 0 N–H and O–H groups in total. The van der Waals surface area contributed by atoms with Gasteiger partial charge in [0.2, 0.25) is 0 Å². The largest absolute Gasteiger partial charge is 0.396 e. The highest BCUT2D eigenvalue weighted by Gasteiger charge is 2.05. The van der Waals surface area contributed by atoms with E-state index in [1.165, 1.54) is 5.57 Å². The molecule has 0 fully saturated rings. The Hall–Kier alpha value is -0.540. The van der Waals surface area contributed by atoms with Gasteiger partial charge in [0.05, 0.1) is 6.21 Å². The summed E-state index contributed by atoms with van der Waals surface area (Å²) in [4.78, 5) is 7.15. The summed E-state index contributed by atoms with van der Waals surface area (Å²) in [6.45, 7) is 4.70. The maximum Gasteiger partial charge on any atom is 0.114 e. The van der Waals surface area contributed by atoms with Crippen molar-refractivity contribution < 1.29 is 4.84 Å². The molecule has 0 radical (unpaired) electrons. The minimum atomic E-state index is 0. The fourth-order valence-electron chi connectivity index (χ4n) is 1.20. The average Bonchev–Trinajstić information content (AvgIpc) is 2.05. The van der Waals surface area contributed by atoms with E-state index >= 15 is 0 Å². The molecule has 0 spiro atoms. The minimum absolute atomic E-state index is 0. The van der Waals surface area contributed by atoms with Gasteiger partial charge in [-0.2, -0.15) is 0 Å². The quantitative estimate of drug-likeness (QED) is 0.517. The van der Waals surface area contributed by atoms with E-state index in [0.717, 1.165) is 19.5 Å². The van der Waals surface area contributed by atoms with Crippen LogP contribution in [0.25, 0.3) is 0 Å². The lowest BCUT2D eigenvalue weighted by molar-refractivity contribution is 0.160. The summed E-state index contributed by atoms with van der Waals surface area (Å²) in [6.07, 6.45) is 5.13. The third-order valence-corrected chi connectivity index (χ3v) is 1.79. The maximum atomic E-state index is 4.88. The number of nitrogens with zero attached hydrogens (tertiary/aromatic N) is 2. The zero-order chi connectivity index (χ0) is 8.81. The number of oxime groups is 1.